The smallest absolute Gasteiger partial charge is 0.417 e. The number of rotatable bonds is 16. The van der Waals surface area contributed by atoms with Gasteiger partial charge in [-0.1, -0.05) is 106 Å². The summed E-state index contributed by atoms with van der Waals surface area (Å²) in [6.45, 7) is 8.73. The van der Waals surface area contributed by atoms with Crippen molar-refractivity contribution in [2.45, 2.75) is 102 Å². The molecule has 1 aliphatic carbocycles. The van der Waals surface area contributed by atoms with Crippen molar-refractivity contribution < 1.29 is 28.7 Å². The maximum atomic E-state index is 14.2. The second kappa shape index (κ2) is 19.0. The van der Waals surface area contributed by atoms with Crippen LogP contribution in [-0.2, 0) is 29.3 Å². The first-order valence-corrected chi connectivity index (χ1v) is 20.4. The summed E-state index contributed by atoms with van der Waals surface area (Å²) in [4.78, 5) is 68.8. The van der Waals surface area contributed by atoms with Crippen molar-refractivity contribution in [1.29, 1.82) is 0 Å². The summed E-state index contributed by atoms with van der Waals surface area (Å²) in [6, 6.07) is 20.3. The number of amides is 4. The first kappa shape index (κ1) is 41.1. The third-order valence-corrected chi connectivity index (χ3v) is 12.2. The third-order valence-electron chi connectivity index (χ3n) is 11.0. The molecule has 3 N–H and O–H groups in total. The number of hydrogen-bond donors (Lipinski definition) is 3. The summed E-state index contributed by atoms with van der Waals surface area (Å²) in [7, 11) is 0. The highest BCUT2D eigenvalue weighted by molar-refractivity contribution is 7.99. The quantitative estimate of drug-likeness (QED) is 0.100. The van der Waals surface area contributed by atoms with Gasteiger partial charge in [-0.25, -0.2) is 4.79 Å². The lowest BCUT2D eigenvalue weighted by molar-refractivity contribution is -0.146. The molecule has 1 aliphatic heterocycles. The van der Waals surface area contributed by atoms with Crippen LogP contribution in [0.3, 0.4) is 0 Å². The van der Waals surface area contributed by atoms with Crippen molar-refractivity contribution in [2.24, 2.45) is 11.8 Å². The zero-order valence-electron chi connectivity index (χ0n) is 31.7. The number of halogens is 1. The Morgan fingerprint density at radius 1 is 0.926 bits per heavy atom. The Kier molecular flexibility index (Phi) is 14.4. The monoisotopic (exact) mass is 776 g/mol. The second-order valence-electron chi connectivity index (χ2n) is 15.0. The fourth-order valence-corrected chi connectivity index (χ4v) is 8.71. The lowest BCUT2D eigenvalue weighted by Crippen LogP contribution is -2.52. The van der Waals surface area contributed by atoms with Crippen LogP contribution in [0.4, 0.5) is 4.79 Å². The fraction of sp³-hybridized carbons (Fsp3) is 0.500. The molecule has 10 nitrogen and oxygen atoms in total. The van der Waals surface area contributed by atoms with Crippen molar-refractivity contribution in [3.05, 3.63) is 82.9 Å². The first-order valence-electron chi connectivity index (χ1n) is 19.2. The van der Waals surface area contributed by atoms with Crippen LogP contribution in [0.5, 0.6) is 0 Å². The van der Waals surface area contributed by atoms with Gasteiger partial charge in [0.25, 0.3) is 5.91 Å². The molecule has 1 saturated carbocycles. The molecule has 2 fully saturated rings. The molecule has 0 radical (unpaired) electrons. The van der Waals surface area contributed by atoms with E-state index in [0.29, 0.717) is 37.5 Å². The Labute approximate surface area is 328 Å². The van der Waals surface area contributed by atoms with Gasteiger partial charge in [-0.05, 0) is 91.1 Å². The Morgan fingerprint density at radius 2 is 1.65 bits per heavy atom. The summed E-state index contributed by atoms with van der Waals surface area (Å²) in [5.41, 5.74) is 0.964. The summed E-state index contributed by atoms with van der Waals surface area (Å²) in [5.74, 6) is -2.36. The molecule has 290 valence electrons. The number of hydrogen-bond acceptors (Lipinski definition) is 7. The van der Waals surface area contributed by atoms with E-state index < -0.39 is 52.4 Å². The number of carbonyl (C=O) groups is 5. The molecule has 0 spiro atoms. The molecule has 1 saturated heterocycles. The van der Waals surface area contributed by atoms with E-state index >= 15 is 0 Å². The topological polar surface area (TPSA) is 134 Å². The van der Waals surface area contributed by atoms with E-state index in [4.69, 9.17) is 16.3 Å². The van der Waals surface area contributed by atoms with Crippen molar-refractivity contribution in [1.82, 2.24) is 20.3 Å². The normalized spacial score (nSPS) is 17.9. The average Bonchev–Trinajstić information content (AvgIpc) is 3.58. The zero-order valence-corrected chi connectivity index (χ0v) is 33.3. The molecule has 12 heteroatoms. The van der Waals surface area contributed by atoms with Gasteiger partial charge in [-0.2, -0.15) is 0 Å². The van der Waals surface area contributed by atoms with Gasteiger partial charge in [-0.15, -0.1) is 0 Å². The highest BCUT2D eigenvalue weighted by Crippen LogP contribution is 2.41. The highest BCUT2D eigenvalue weighted by Gasteiger charge is 2.39. The van der Waals surface area contributed by atoms with Gasteiger partial charge in [0.2, 0.25) is 17.6 Å². The number of fused-ring (bicyclic) bond motifs is 1. The predicted octanol–water partition coefficient (Wildman–Crippen LogP) is 7.67. The van der Waals surface area contributed by atoms with Crippen molar-refractivity contribution in [3.63, 3.8) is 0 Å². The number of nitrogens with zero attached hydrogens (tertiary/aromatic N) is 1. The molecule has 4 amide bonds. The predicted molar refractivity (Wildman–Crippen MR) is 214 cm³/mol. The van der Waals surface area contributed by atoms with Gasteiger partial charge in [0.05, 0.1) is 6.04 Å². The largest absolute Gasteiger partial charge is 0.440 e. The minimum atomic E-state index is -1.18. The van der Waals surface area contributed by atoms with E-state index in [1.807, 2.05) is 74.5 Å². The Hall–Kier alpha value is -4.09. The first-order chi connectivity index (χ1) is 25.9. The highest BCUT2D eigenvalue weighted by atomic mass is 35.5. The van der Waals surface area contributed by atoms with E-state index in [2.05, 4.69) is 15.4 Å². The lowest BCUT2D eigenvalue weighted by atomic mass is 9.76. The number of likely N-dealkylation sites (N-methyl/N-ethyl adjacent to an activating group) is 1. The van der Waals surface area contributed by atoms with Crippen LogP contribution < -0.4 is 15.4 Å². The van der Waals surface area contributed by atoms with Crippen LogP contribution in [-0.4, -0.2) is 65.4 Å². The minimum Gasteiger partial charge on any atom is -0.440 e. The van der Waals surface area contributed by atoms with E-state index in [9.17, 15) is 24.0 Å². The number of ether oxygens (including phenoxy) is 1. The van der Waals surface area contributed by atoms with E-state index in [0.717, 1.165) is 66.0 Å². The van der Waals surface area contributed by atoms with Gasteiger partial charge in [0, 0.05) is 36.0 Å². The third kappa shape index (κ3) is 10.4. The molecule has 2 aliphatic rings. The summed E-state index contributed by atoms with van der Waals surface area (Å²) in [6.07, 6.45) is 4.70. The van der Waals surface area contributed by atoms with Gasteiger partial charge >= 0.3 is 6.09 Å². The lowest BCUT2D eigenvalue weighted by Gasteiger charge is -2.35. The molecule has 0 aromatic heterocycles. The van der Waals surface area contributed by atoms with Gasteiger partial charge in [-0.3, -0.25) is 23.9 Å². The van der Waals surface area contributed by atoms with Gasteiger partial charge in [0.1, 0.15) is 11.4 Å². The van der Waals surface area contributed by atoms with Crippen molar-refractivity contribution >= 4 is 63.9 Å². The average molecular weight is 777 g/mol. The van der Waals surface area contributed by atoms with Gasteiger partial charge < -0.3 is 20.3 Å². The molecule has 5 rings (SSSR count). The summed E-state index contributed by atoms with van der Waals surface area (Å²) < 4.78 is 9.08. The molecule has 3 aromatic rings. The maximum Gasteiger partial charge on any atom is 0.417 e. The summed E-state index contributed by atoms with van der Waals surface area (Å²) >= 11 is 7.37. The van der Waals surface area contributed by atoms with Crippen LogP contribution in [0, 0.1) is 11.8 Å². The molecular weight excluding hydrogens is 724 g/mol. The zero-order chi connectivity index (χ0) is 38.8. The number of ketones is 1. The SMILES string of the molecule is CCN(CC)C(=O)C(=O)[C@H](C[C@@H]1CCNC1=O)NC(=O)[C@H](CC1CCCCC1)SNC(=O)OC(c1ccc2ccccc2c1)C(C)(C)c1cccc(Cl)c1. The van der Waals surface area contributed by atoms with Crippen LogP contribution in [0.2, 0.25) is 5.02 Å². The second-order valence-corrected chi connectivity index (χ2v) is 16.4. The van der Waals surface area contributed by atoms with Crippen molar-refractivity contribution in [2.75, 3.05) is 19.6 Å². The van der Waals surface area contributed by atoms with E-state index in [1.165, 1.54) is 4.90 Å². The number of nitrogens with one attached hydrogen (secondary N) is 3. The Morgan fingerprint density at radius 3 is 2.31 bits per heavy atom. The van der Waals surface area contributed by atoms with Crippen LogP contribution in [0.15, 0.2) is 66.7 Å². The minimum absolute atomic E-state index is 0.0196. The fourth-order valence-electron chi connectivity index (χ4n) is 7.69. The van der Waals surface area contributed by atoms with E-state index in [1.54, 1.807) is 19.9 Å². The van der Waals surface area contributed by atoms with E-state index in [-0.39, 0.29) is 18.2 Å². The van der Waals surface area contributed by atoms with Crippen LogP contribution in [0.25, 0.3) is 10.8 Å². The number of carbonyl (C=O) groups excluding carboxylic acids is 5. The van der Waals surface area contributed by atoms with Crippen LogP contribution in [0.1, 0.15) is 96.3 Å². The number of benzene rings is 3. The molecule has 1 heterocycles. The number of Topliss-reactive ketones (excluding diaryl/α,β-unsaturated/α-hetero) is 1. The molecular formula is C42H53ClN4O6S. The Balaban J connectivity index is 1.38. The summed E-state index contributed by atoms with van der Waals surface area (Å²) in [5, 5.41) is 7.48. The molecule has 3 aromatic carbocycles. The molecule has 54 heavy (non-hydrogen) atoms. The standard InChI is InChI=1S/C42H53ClN4O6S/c1-5-47(6-2)40(51)36(48)34(25-31-21-22-44-38(31)49)45-39(50)35(23-27-13-8-7-9-14-27)54-46-41(52)53-37(42(3,4)32-17-12-18-33(43)26-32)30-20-19-28-15-10-11-16-29(28)24-30/h10-12,15-20,24,26-27,31,34-35,37H,5-9,13-14,21-23,25H2,1-4H3,(H,44,49)(H,45,50)(H,46,52)/t31-,34-,35-,37?/m0/s1. The molecule has 4 atom stereocenters. The van der Waals surface area contributed by atoms with Gasteiger partial charge in [0.15, 0.2) is 0 Å². The van der Waals surface area contributed by atoms with Crippen molar-refractivity contribution in [3.8, 4) is 0 Å². The molecule has 0 bridgehead atoms. The molecule has 1 unspecified atom stereocenters. The Bertz CT molecular complexity index is 1810. The maximum absolute atomic E-state index is 14.2. The van der Waals surface area contributed by atoms with Crippen LogP contribution >= 0.6 is 23.5 Å².